The van der Waals surface area contributed by atoms with E-state index in [-0.39, 0.29) is 12.0 Å². The van der Waals surface area contributed by atoms with Gasteiger partial charge in [-0.2, -0.15) is 0 Å². The van der Waals surface area contributed by atoms with Crippen LogP contribution in [0.5, 0.6) is 0 Å². The molecule has 0 saturated heterocycles. The van der Waals surface area contributed by atoms with Gasteiger partial charge in [0.2, 0.25) is 5.28 Å². The van der Waals surface area contributed by atoms with E-state index in [2.05, 4.69) is 29.0 Å². The van der Waals surface area contributed by atoms with E-state index in [9.17, 15) is 0 Å². The molecule has 1 atom stereocenters. The first-order valence-electron chi connectivity index (χ1n) is 5.62. The Labute approximate surface area is 106 Å². The summed E-state index contributed by atoms with van der Waals surface area (Å²) in [4.78, 5) is 4.34. The molecule has 0 fully saturated rings. The summed E-state index contributed by atoms with van der Waals surface area (Å²) in [5.41, 5.74) is 0.955. The summed E-state index contributed by atoms with van der Waals surface area (Å²) in [7, 11) is 0. The Morgan fingerprint density at radius 1 is 1.18 bits per heavy atom. The van der Waals surface area contributed by atoms with Crippen molar-refractivity contribution in [3.05, 3.63) is 41.2 Å². The second kappa shape index (κ2) is 4.84. The lowest BCUT2D eigenvalue weighted by Gasteiger charge is -2.17. The van der Waals surface area contributed by atoms with Crippen molar-refractivity contribution in [1.82, 2.24) is 19.7 Å². The van der Waals surface area contributed by atoms with E-state index in [4.69, 9.17) is 11.6 Å². The first-order valence-corrected chi connectivity index (χ1v) is 6.00. The lowest BCUT2D eigenvalue weighted by molar-refractivity contribution is 0.567. The maximum absolute atomic E-state index is 6.10. The van der Waals surface area contributed by atoms with Gasteiger partial charge in [0.15, 0.2) is 0 Å². The molecule has 4 nitrogen and oxygen atoms in total. The molecular formula is C12H15ClN4. The van der Waals surface area contributed by atoms with Gasteiger partial charge in [-0.15, -0.1) is 10.2 Å². The molecule has 0 aliphatic heterocycles. The van der Waals surface area contributed by atoms with Crippen molar-refractivity contribution in [3.63, 3.8) is 0 Å². The molecule has 0 spiro atoms. The average Bonchev–Trinajstić information content (AvgIpc) is 2.71. The monoisotopic (exact) mass is 250 g/mol. The third kappa shape index (κ3) is 2.31. The summed E-state index contributed by atoms with van der Waals surface area (Å²) in [5, 5.41) is 8.46. The van der Waals surface area contributed by atoms with Crippen LogP contribution < -0.4 is 0 Å². The Morgan fingerprint density at radius 2 is 1.94 bits per heavy atom. The van der Waals surface area contributed by atoms with E-state index in [0.29, 0.717) is 5.28 Å². The van der Waals surface area contributed by atoms with Gasteiger partial charge in [-0.1, -0.05) is 19.9 Å². The van der Waals surface area contributed by atoms with Crippen LogP contribution in [0.2, 0.25) is 5.28 Å². The van der Waals surface area contributed by atoms with Crippen molar-refractivity contribution >= 4 is 11.6 Å². The van der Waals surface area contributed by atoms with E-state index in [1.54, 1.807) is 6.20 Å². The molecule has 5 heteroatoms. The second-order valence-electron chi connectivity index (χ2n) is 4.28. The Bertz CT molecular complexity index is 492. The highest BCUT2D eigenvalue weighted by Gasteiger charge is 2.19. The van der Waals surface area contributed by atoms with Crippen molar-refractivity contribution in [2.24, 2.45) is 0 Å². The molecule has 0 radical (unpaired) electrons. The predicted molar refractivity (Wildman–Crippen MR) is 67.2 cm³/mol. The number of hydrogen-bond acceptors (Lipinski definition) is 3. The summed E-state index contributed by atoms with van der Waals surface area (Å²) in [6.07, 6.45) is 1.78. The zero-order valence-electron chi connectivity index (χ0n) is 10.1. The van der Waals surface area contributed by atoms with E-state index in [0.717, 1.165) is 11.5 Å². The van der Waals surface area contributed by atoms with Gasteiger partial charge in [0.1, 0.15) is 5.82 Å². The van der Waals surface area contributed by atoms with Crippen molar-refractivity contribution in [3.8, 4) is 0 Å². The third-order valence-electron chi connectivity index (χ3n) is 2.70. The van der Waals surface area contributed by atoms with Gasteiger partial charge < -0.3 is 0 Å². The fraction of sp³-hybridized carbons (Fsp3) is 0.417. The van der Waals surface area contributed by atoms with Gasteiger partial charge in [0.05, 0.1) is 11.7 Å². The molecule has 1 unspecified atom stereocenters. The number of pyridine rings is 1. The second-order valence-corrected chi connectivity index (χ2v) is 4.62. The van der Waals surface area contributed by atoms with Crippen LogP contribution in [0, 0.1) is 0 Å². The molecule has 0 saturated carbocycles. The van der Waals surface area contributed by atoms with Crippen LogP contribution in [0.3, 0.4) is 0 Å². The summed E-state index contributed by atoms with van der Waals surface area (Å²) < 4.78 is 1.93. The molecule has 0 aliphatic rings. The van der Waals surface area contributed by atoms with Crippen molar-refractivity contribution in [1.29, 1.82) is 0 Å². The summed E-state index contributed by atoms with van der Waals surface area (Å²) in [6, 6.07) is 5.88. The van der Waals surface area contributed by atoms with Crippen LogP contribution in [0.15, 0.2) is 24.4 Å². The minimum Gasteiger partial charge on any atom is -0.293 e. The molecule has 2 rings (SSSR count). The molecule has 2 aromatic heterocycles. The largest absolute Gasteiger partial charge is 0.293 e. The molecule has 0 aliphatic carbocycles. The molecule has 0 aromatic carbocycles. The number of nitrogens with zero attached hydrogens (tertiary/aromatic N) is 4. The summed E-state index contributed by atoms with van der Waals surface area (Å²) in [5.74, 6) is 1.16. The first kappa shape index (κ1) is 12.0. The lowest BCUT2D eigenvalue weighted by Crippen LogP contribution is -2.13. The number of halogens is 1. The molecule has 17 heavy (non-hydrogen) atoms. The Kier molecular flexibility index (Phi) is 3.43. The number of hydrogen-bond donors (Lipinski definition) is 0. The minimum atomic E-state index is 0.0381. The maximum atomic E-state index is 6.10. The van der Waals surface area contributed by atoms with Gasteiger partial charge in [0, 0.05) is 12.1 Å². The predicted octanol–water partition coefficient (Wildman–Crippen LogP) is 3.06. The van der Waals surface area contributed by atoms with E-state index in [1.165, 1.54) is 0 Å². The van der Waals surface area contributed by atoms with Crippen LogP contribution in [0.1, 0.15) is 44.2 Å². The molecule has 2 heterocycles. The topological polar surface area (TPSA) is 43.6 Å². The highest BCUT2D eigenvalue weighted by atomic mass is 35.5. The standard InChI is InChI=1S/C12H15ClN4/c1-8(2)11-15-16-12(13)17(11)9(3)10-6-4-5-7-14-10/h4-9H,1-3H3. The Morgan fingerprint density at radius 3 is 2.53 bits per heavy atom. The Balaban J connectivity index is 2.43. The lowest BCUT2D eigenvalue weighted by atomic mass is 10.1. The van der Waals surface area contributed by atoms with E-state index in [1.807, 2.05) is 29.7 Å². The van der Waals surface area contributed by atoms with E-state index < -0.39 is 0 Å². The zero-order chi connectivity index (χ0) is 12.4. The fourth-order valence-electron chi connectivity index (χ4n) is 1.79. The molecule has 0 N–H and O–H groups in total. The summed E-state index contributed by atoms with van der Waals surface area (Å²) in [6.45, 7) is 6.19. The highest BCUT2D eigenvalue weighted by molar-refractivity contribution is 6.28. The third-order valence-corrected chi connectivity index (χ3v) is 2.96. The van der Waals surface area contributed by atoms with Gasteiger partial charge in [-0.25, -0.2) is 0 Å². The first-order chi connectivity index (χ1) is 8.11. The smallest absolute Gasteiger partial charge is 0.225 e. The Hall–Kier alpha value is -1.42. The van der Waals surface area contributed by atoms with Gasteiger partial charge >= 0.3 is 0 Å². The van der Waals surface area contributed by atoms with Crippen LogP contribution in [-0.4, -0.2) is 19.7 Å². The molecule has 2 aromatic rings. The normalized spacial score (nSPS) is 13.0. The van der Waals surface area contributed by atoms with Gasteiger partial charge in [-0.05, 0) is 30.7 Å². The van der Waals surface area contributed by atoms with Crippen molar-refractivity contribution < 1.29 is 0 Å². The number of aromatic nitrogens is 4. The fourth-order valence-corrected chi connectivity index (χ4v) is 2.06. The van der Waals surface area contributed by atoms with Crippen LogP contribution in [-0.2, 0) is 0 Å². The van der Waals surface area contributed by atoms with E-state index >= 15 is 0 Å². The van der Waals surface area contributed by atoms with Crippen LogP contribution in [0.4, 0.5) is 0 Å². The SMILES string of the molecule is CC(C)c1nnc(Cl)n1C(C)c1ccccn1. The molecule has 0 bridgehead atoms. The molecule has 90 valence electrons. The van der Waals surface area contributed by atoms with Crippen molar-refractivity contribution in [2.75, 3.05) is 0 Å². The molecular weight excluding hydrogens is 236 g/mol. The molecule has 0 amide bonds. The maximum Gasteiger partial charge on any atom is 0.225 e. The van der Waals surface area contributed by atoms with Crippen LogP contribution in [0.25, 0.3) is 0 Å². The van der Waals surface area contributed by atoms with Crippen LogP contribution >= 0.6 is 11.6 Å². The average molecular weight is 251 g/mol. The van der Waals surface area contributed by atoms with Gasteiger partial charge in [-0.3, -0.25) is 9.55 Å². The zero-order valence-corrected chi connectivity index (χ0v) is 10.9. The number of rotatable bonds is 3. The summed E-state index contributed by atoms with van der Waals surface area (Å²) >= 11 is 6.10. The quantitative estimate of drug-likeness (QED) is 0.841. The van der Waals surface area contributed by atoms with Gasteiger partial charge in [0.25, 0.3) is 0 Å². The highest BCUT2D eigenvalue weighted by Crippen LogP contribution is 2.25. The minimum absolute atomic E-state index is 0.0381. The van der Waals surface area contributed by atoms with Crippen molar-refractivity contribution in [2.45, 2.75) is 32.7 Å².